The van der Waals surface area contributed by atoms with Crippen molar-refractivity contribution in [2.75, 3.05) is 6.54 Å². The van der Waals surface area contributed by atoms with Gasteiger partial charge in [-0.05, 0) is 25.3 Å². The summed E-state index contributed by atoms with van der Waals surface area (Å²) in [4.78, 5) is 18.4. The fourth-order valence-electron chi connectivity index (χ4n) is 2.54. The molecular weight excluding hydrogens is 260 g/mol. The van der Waals surface area contributed by atoms with Gasteiger partial charge in [0, 0.05) is 18.1 Å². The van der Waals surface area contributed by atoms with E-state index in [1.807, 2.05) is 34.3 Å². The van der Waals surface area contributed by atoms with Crippen LogP contribution in [0.3, 0.4) is 0 Å². The van der Waals surface area contributed by atoms with Gasteiger partial charge in [-0.15, -0.1) is 11.3 Å². The lowest BCUT2D eigenvalue weighted by molar-refractivity contribution is 0.0716. The van der Waals surface area contributed by atoms with Gasteiger partial charge in [-0.25, -0.2) is 4.98 Å². The molecular formula is C13H16N4OS. The van der Waals surface area contributed by atoms with Crippen LogP contribution in [0.1, 0.15) is 28.9 Å². The number of hydrogen-bond acceptors (Lipinski definition) is 4. The highest BCUT2D eigenvalue weighted by molar-refractivity contribution is 7.07. The van der Waals surface area contributed by atoms with Gasteiger partial charge in [0.15, 0.2) is 0 Å². The molecule has 0 aromatic carbocycles. The Morgan fingerprint density at radius 2 is 2.47 bits per heavy atom. The van der Waals surface area contributed by atoms with Crippen LogP contribution < -0.4 is 0 Å². The molecule has 1 atom stereocenters. The lowest BCUT2D eigenvalue weighted by Crippen LogP contribution is -2.38. The summed E-state index contributed by atoms with van der Waals surface area (Å²) in [5.41, 5.74) is 3.42. The maximum atomic E-state index is 12.4. The third-order valence-electron chi connectivity index (χ3n) is 3.45. The minimum atomic E-state index is 0.0487. The van der Waals surface area contributed by atoms with E-state index in [0.717, 1.165) is 31.5 Å². The Kier molecular flexibility index (Phi) is 3.33. The molecule has 3 heterocycles. The number of carbonyl (C=O) groups excluding carboxylic acids is 1. The van der Waals surface area contributed by atoms with Gasteiger partial charge in [-0.2, -0.15) is 5.10 Å². The maximum absolute atomic E-state index is 12.4. The minimum Gasteiger partial charge on any atom is -0.332 e. The van der Waals surface area contributed by atoms with E-state index in [9.17, 15) is 4.79 Å². The number of amides is 1. The summed E-state index contributed by atoms with van der Waals surface area (Å²) in [5, 5.41) is 6.12. The molecule has 0 aliphatic carbocycles. The van der Waals surface area contributed by atoms with Crippen LogP contribution in [0, 0.1) is 6.92 Å². The summed E-state index contributed by atoms with van der Waals surface area (Å²) in [6, 6.07) is 0.230. The second kappa shape index (κ2) is 5.13. The smallest absolute Gasteiger partial charge is 0.273 e. The molecule has 0 saturated carbocycles. The second-order valence-electron chi connectivity index (χ2n) is 4.91. The largest absolute Gasteiger partial charge is 0.332 e. The molecule has 2 aromatic heterocycles. The third kappa shape index (κ3) is 2.53. The predicted octanol–water partition coefficient (Wildman–Crippen LogP) is 1.95. The number of thiazole rings is 1. The Labute approximate surface area is 115 Å². The average molecular weight is 276 g/mol. The van der Waals surface area contributed by atoms with Crippen molar-refractivity contribution >= 4 is 17.2 Å². The molecule has 19 heavy (non-hydrogen) atoms. The molecule has 6 heteroatoms. The summed E-state index contributed by atoms with van der Waals surface area (Å²) >= 11 is 1.46. The van der Waals surface area contributed by atoms with Gasteiger partial charge in [-0.1, -0.05) is 0 Å². The van der Waals surface area contributed by atoms with Crippen molar-refractivity contribution in [1.82, 2.24) is 19.7 Å². The van der Waals surface area contributed by atoms with Gasteiger partial charge < -0.3 is 4.90 Å². The number of likely N-dealkylation sites (tertiary alicyclic amines) is 1. The number of carbonyl (C=O) groups is 1. The summed E-state index contributed by atoms with van der Waals surface area (Å²) in [5.74, 6) is 0.0487. The minimum absolute atomic E-state index is 0.0487. The van der Waals surface area contributed by atoms with E-state index < -0.39 is 0 Å². The summed E-state index contributed by atoms with van der Waals surface area (Å²) < 4.78 is 1.92. The molecule has 1 aliphatic rings. The standard InChI is InChI=1S/C13H16N4OS/c1-10-5-15-16(6-10)7-11-3-2-4-17(11)13(18)12-8-19-9-14-12/h5-6,8-9,11H,2-4,7H2,1H3/t11-/m1/s1. The first kappa shape index (κ1) is 12.3. The molecule has 5 nitrogen and oxygen atoms in total. The first-order chi connectivity index (χ1) is 9.24. The van der Waals surface area contributed by atoms with E-state index in [2.05, 4.69) is 10.1 Å². The number of nitrogens with zero attached hydrogens (tertiary/aromatic N) is 4. The van der Waals surface area contributed by atoms with E-state index in [-0.39, 0.29) is 11.9 Å². The zero-order chi connectivity index (χ0) is 13.2. The van der Waals surface area contributed by atoms with Crippen molar-refractivity contribution in [3.63, 3.8) is 0 Å². The van der Waals surface area contributed by atoms with E-state index in [1.54, 1.807) is 5.51 Å². The summed E-state index contributed by atoms with van der Waals surface area (Å²) in [6.07, 6.45) is 5.96. The second-order valence-corrected chi connectivity index (χ2v) is 5.63. The number of hydrogen-bond donors (Lipinski definition) is 0. The SMILES string of the molecule is Cc1cnn(C[C@H]2CCCN2C(=O)c2cscn2)c1. The van der Waals surface area contributed by atoms with Gasteiger partial charge in [0.05, 0.1) is 24.3 Å². The van der Waals surface area contributed by atoms with Crippen LogP contribution in [0.2, 0.25) is 0 Å². The molecule has 1 amide bonds. The van der Waals surface area contributed by atoms with Gasteiger partial charge in [0.1, 0.15) is 5.69 Å². The van der Waals surface area contributed by atoms with Crippen LogP contribution in [-0.4, -0.2) is 38.2 Å². The Bertz CT molecular complexity index is 563. The van der Waals surface area contributed by atoms with E-state index in [1.165, 1.54) is 11.3 Å². The highest BCUT2D eigenvalue weighted by atomic mass is 32.1. The highest BCUT2D eigenvalue weighted by Gasteiger charge is 2.30. The summed E-state index contributed by atoms with van der Waals surface area (Å²) in [6.45, 7) is 3.61. The normalized spacial score (nSPS) is 19.0. The fourth-order valence-corrected chi connectivity index (χ4v) is 3.07. The Hall–Kier alpha value is -1.69. The third-order valence-corrected chi connectivity index (χ3v) is 4.04. The number of aryl methyl sites for hydroxylation is 1. The number of rotatable bonds is 3. The van der Waals surface area contributed by atoms with E-state index in [4.69, 9.17) is 0 Å². The lowest BCUT2D eigenvalue weighted by Gasteiger charge is -2.23. The number of aromatic nitrogens is 3. The van der Waals surface area contributed by atoms with Crippen LogP contribution >= 0.6 is 11.3 Å². The van der Waals surface area contributed by atoms with Crippen LogP contribution in [0.25, 0.3) is 0 Å². The zero-order valence-corrected chi connectivity index (χ0v) is 11.6. The van der Waals surface area contributed by atoms with Gasteiger partial charge in [0.25, 0.3) is 5.91 Å². The molecule has 1 saturated heterocycles. The average Bonchev–Trinajstić information content (AvgIpc) is 3.10. The quantitative estimate of drug-likeness (QED) is 0.861. The molecule has 0 unspecified atom stereocenters. The van der Waals surface area contributed by atoms with Crippen molar-refractivity contribution in [1.29, 1.82) is 0 Å². The molecule has 0 spiro atoms. The van der Waals surface area contributed by atoms with Crippen molar-refractivity contribution in [3.05, 3.63) is 34.5 Å². The van der Waals surface area contributed by atoms with Crippen LogP contribution in [0.4, 0.5) is 0 Å². The Morgan fingerprint density at radius 3 is 3.16 bits per heavy atom. The van der Waals surface area contributed by atoms with Gasteiger partial charge in [0.2, 0.25) is 0 Å². The molecule has 100 valence electrons. The molecule has 3 rings (SSSR count). The molecule has 1 fully saturated rings. The van der Waals surface area contributed by atoms with Crippen LogP contribution in [-0.2, 0) is 6.54 Å². The Morgan fingerprint density at radius 1 is 1.58 bits per heavy atom. The van der Waals surface area contributed by atoms with Crippen molar-refractivity contribution in [3.8, 4) is 0 Å². The van der Waals surface area contributed by atoms with Crippen molar-refractivity contribution < 1.29 is 4.79 Å². The highest BCUT2D eigenvalue weighted by Crippen LogP contribution is 2.21. The van der Waals surface area contributed by atoms with E-state index >= 15 is 0 Å². The maximum Gasteiger partial charge on any atom is 0.273 e. The molecule has 1 aliphatic heterocycles. The first-order valence-corrected chi connectivity index (χ1v) is 7.36. The lowest BCUT2D eigenvalue weighted by atomic mass is 10.2. The molecule has 0 bridgehead atoms. The zero-order valence-electron chi connectivity index (χ0n) is 10.8. The summed E-state index contributed by atoms with van der Waals surface area (Å²) in [7, 11) is 0. The molecule has 0 N–H and O–H groups in total. The Balaban J connectivity index is 1.73. The van der Waals surface area contributed by atoms with Crippen molar-refractivity contribution in [2.24, 2.45) is 0 Å². The van der Waals surface area contributed by atoms with Gasteiger partial charge in [-0.3, -0.25) is 9.48 Å². The molecule has 2 aromatic rings. The molecule has 0 radical (unpaired) electrons. The van der Waals surface area contributed by atoms with Crippen LogP contribution in [0.15, 0.2) is 23.3 Å². The monoisotopic (exact) mass is 276 g/mol. The van der Waals surface area contributed by atoms with Gasteiger partial charge >= 0.3 is 0 Å². The fraction of sp³-hybridized carbons (Fsp3) is 0.462. The van der Waals surface area contributed by atoms with E-state index in [0.29, 0.717) is 5.69 Å². The van der Waals surface area contributed by atoms with Crippen LogP contribution in [0.5, 0.6) is 0 Å². The van der Waals surface area contributed by atoms with Crippen molar-refractivity contribution in [2.45, 2.75) is 32.4 Å². The first-order valence-electron chi connectivity index (χ1n) is 6.42. The topological polar surface area (TPSA) is 51.0 Å². The predicted molar refractivity (Wildman–Crippen MR) is 73.1 cm³/mol.